The molecule has 1 heterocycles. The maximum Gasteiger partial charge on any atom is 0.267 e. The van der Waals surface area contributed by atoms with Gasteiger partial charge in [0.15, 0.2) is 5.82 Å². The van der Waals surface area contributed by atoms with Crippen LogP contribution in [0, 0.1) is 0 Å². The Morgan fingerprint density at radius 3 is 2.33 bits per heavy atom. The van der Waals surface area contributed by atoms with E-state index >= 15 is 0 Å². The lowest BCUT2D eigenvalue weighted by molar-refractivity contribution is 0.600. The molecule has 0 atom stereocenters. The van der Waals surface area contributed by atoms with E-state index in [-0.39, 0.29) is 26.4 Å². The molecule has 0 aliphatic rings. The summed E-state index contributed by atoms with van der Waals surface area (Å²) in [7, 11) is -3.96. The number of nitrogen functional groups attached to an aromatic ring is 1. The molecule has 2 aromatic rings. The standard InChI is InChI=1S/C11H11Cl3N4O2S/c1-2-18-5-9(11(15)16-18)21(19,20)17-10-7(13)3-6(12)4-8(10)14/h3-5,17H,2H2,1H3,(H2,15,16). The van der Waals surface area contributed by atoms with Crippen molar-refractivity contribution in [2.45, 2.75) is 18.4 Å². The summed E-state index contributed by atoms with van der Waals surface area (Å²) in [4.78, 5) is -0.147. The average molecular weight is 370 g/mol. The summed E-state index contributed by atoms with van der Waals surface area (Å²) in [6.45, 7) is 2.30. The number of nitrogens with two attached hydrogens (primary N) is 1. The van der Waals surface area contributed by atoms with Gasteiger partial charge in [0, 0.05) is 17.8 Å². The van der Waals surface area contributed by atoms with Crippen molar-refractivity contribution in [2.24, 2.45) is 0 Å². The number of sulfonamides is 1. The lowest BCUT2D eigenvalue weighted by atomic mass is 10.3. The van der Waals surface area contributed by atoms with Crippen LogP contribution in [-0.2, 0) is 16.6 Å². The van der Waals surface area contributed by atoms with E-state index in [4.69, 9.17) is 40.5 Å². The van der Waals surface area contributed by atoms with E-state index < -0.39 is 10.0 Å². The first-order valence-corrected chi connectivity index (χ1v) is 8.36. The van der Waals surface area contributed by atoms with Gasteiger partial charge in [0.05, 0.1) is 15.7 Å². The second-order valence-electron chi connectivity index (χ2n) is 4.08. The van der Waals surface area contributed by atoms with Gasteiger partial charge in [-0.15, -0.1) is 0 Å². The number of rotatable bonds is 4. The van der Waals surface area contributed by atoms with Gasteiger partial charge in [-0.1, -0.05) is 34.8 Å². The molecule has 114 valence electrons. The minimum Gasteiger partial charge on any atom is -0.381 e. The first-order chi connectivity index (χ1) is 9.74. The molecule has 1 aromatic heterocycles. The van der Waals surface area contributed by atoms with Crippen molar-refractivity contribution in [3.05, 3.63) is 33.4 Å². The monoisotopic (exact) mass is 368 g/mol. The Hall–Kier alpha value is -1.15. The molecule has 0 aliphatic heterocycles. The number of halogens is 3. The van der Waals surface area contributed by atoms with Gasteiger partial charge in [-0.05, 0) is 19.1 Å². The van der Waals surface area contributed by atoms with Crippen LogP contribution in [0.25, 0.3) is 0 Å². The fourth-order valence-electron chi connectivity index (χ4n) is 1.62. The van der Waals surface area contributed by atoms with Crippen LogP contribution in [0.3, 0.4) is 0 Å². The molecule has 0 amide bonds. The molecule has 10 heteroatoms. The fourth-order valence-corrected chi connectivity index (χ4v) is 3.81. The van der Waals surface area contributed by atoms with E-state index in [2.05, 4.69) is 9.82 Å². The first-order valence-electron chi connectivity index (χ1n) is 5.75. The third-order valence-electron chi connectivity index (χ3n) is 2.61. The zero-order valence-electron chi connectivity index (χ0n) is 10.8. The third kappa shape index (κ3) is 3.37. The van der Waals surface area contributed by atoms with Crippen molar-refractivity contribution >= 4 is 56.3 Å². The van der Waals surface area contributed by atoms with Crippen molar-refractivity contribution in [3.8, 4) is 0 Å². The van der Waals surface area contributed by atoms with Crippen molar-refractivity contribution in [2.75, 3.05) is 10.5 Å². The summed E-state index contributed by atoms with van der Waals surface area (Å²) < 4.78 is 28.4. The van der Waals surface area contributed by atoms with Crippen molar-refractivity contribution in [1.82, 2.24) is 9.78 Å². The Balaban J connectivity index is 2.44. The highest BCUT2D eigenvalue weighted by Crippen LogP contribution is 2.35. The predicted octanol–water partition coefficient (Wildman–Crippen LogP) is 3.25. The molecule has 21 heavy (non-hydrogen) atoms. The topological polar surface area (TPSA) is 90.0 Å². The Morgan fingerprint density at radius 1 is 1.29 bits per heavy atom. The van der Waals surface area contributed by atoms with Gasteiger partial charge in [-0.3, -0.25) is 9.40 Å². The Morgan fingerprint density at radius 2 is 1.86 bits per heavy atom. The maximum absolute atomic E-state index is 12.3. The summed E-state index contributed by atoms with van der Waals surface area (Å²) in [5.41, 5.74) is 5.65. The SMILES string of the molecule is CCn1cc(S(=O)(=O)Nc2c(Cl)cc(Cl)cc2Cl)c(N)n1. The summed E-state index contributed by atoms with van der Waals surface area (Å²) >= 11 is 17.7. The molecule has 0 aliphatic carbocycles. The van der Waals surface area contributed by atoms with E-state index in [1.54, 1.807) is 0 Å². The summed E-state index contributed by atoms with van der Waals surface area (Å²) in [5, 5.41) is 4.34. The van der Waals surface area contributed by atoms with Crippen molar-refractivity contribution in [1.29, 1.82) is 0 Å². The molecule has 0 fully saturated rings. The minimum absolute atomic E-state index is 0.0337. The predicted molar refractivity (Wildman–Crippen MR) is 84.6 cm³/mol. The third-order valence-corrected chi connectivity index (χ3v) is 4.79. The molecule has 0 radical (unpaired) electrons. The molecule has 0 bridgehead atoms. The fraction of sp³-hybridized carbons (Fsp3) is 0.182. The molecule has 6 nitrogen and oxygen atoms in total. The number of anilines is 2. The Kier molecular flexibility index (Phi) is 4.57. The Labute approximate surface area is 136 Å². The number of hydrogen-bond donors (Lipinski definition) is 2. The Bertz CT molecular complexity index is 766. The second kappa shape index (κ2) is 5.92. The summed E-state index contributed by atoms with van der Waals surface area (Å²) in [6.07, 6.45) is 1.33. The molecule has 0 saturated heterocycles. The molecule has 2 rings (SSSR count). The molecule has 3 N–H and O–H groups in total. The minimum atomic E-state index is -3.96. The summed E-state index contributed by atoms with van der Waals surface area (Å²) in [5.74, 6) is -0.106. The van der Waals surface area contributed by atoms with Crippen LogP contribution < -0.4 is 10.5 Å². The van der Waals surface area contributed by atoms with E-state index in [1.807, 2.05) is 6.92 Å². The van der Waals surface area contributed by atoms with Crippen LogP contribution in [0.4, 0.5) is 11.5 Å². The average Bonchev–Trinajstić information content (AvgIpc) is 2.76. The van der Waals surface area contributed by atoms with Gasteiger partial charge in [-0.25, -0.2) is 8.42 Å². The van der Waals surface area contributed by atoms with Crippen LogP contribution in [0.1, 0.15) is 6.92 Å². The van der Waals surface area contributed by atoms with E-state index in [1.165, 1.54) is 23.0 Å². The molecule has 0 saturated carbocycles. The lowest BCUT2D eigenvalue weighted by Gasteiger charge is -2.10. The van der Waals surface area contributed by atoms with Gasteiger partial charge >= 0.3 is 0 Å². The van der Waals surface area contributed by atoms with Gasteiger partial charge in [0.2, 0.25) is 0 Å². The van der Waals surface area contributed by atoms with E-state index in [0.717, 1.165) is 0 Å². The van der Waals surface area contributed by atoms with Crippen LogP contribution in [0.15, 0.2) is 23.2 Å². The largest absolute Gasteiger partial charge is 0.381 e. The quantitative estimate of drug-likeness (QED) is 0.865. The van der Waals surface area contributed by atoms with Crippen LogP contribution >= 0.6 is 34.8 Å². The second-order valence-corrected chi connectivity index (χ2v) is 6.99. The number of nitrogens with zero attached hydrogens (tertiary/aromatic N) is 2. The number of aromatic nitrogens is 2. The zero-order chi connectivity index (χ0) is 15.8. The highest BCUT2D eigenvalue weighted by atomic mass is 35.5. The first kappa shape index (κ1) is 16.2. The van der Waals surface area contributed by atoms with E-state index in [9.17, 15) is 8.42 Å². The number of hydrogen-bond acceptors (Lipinski definition) is 4. The summed E-state index contributed by atoms with van der Waals surface area (Å²) in [6, 6.07) is 2.76. The molecular formula is C11H11Cl3N4O2S. The molecule has 0 unspecified atom stereocenters. The van der Waals surface area contributed by atoms with Gasteiger partial charge in [0.1, 0.15) is 4.90 Å². The molecular weight excluding hydrogens is 359 g/mol. The van der Waals surface area contributed by atoms with Crippen LogP contribution in [-0.4, -0.2) is 18.2 Å². The molecule has 0 spiro atoms. The normalized spacial score (nSPS) is 11.6. The molecule has 1 aromatic carbocycles. The van der Waals surface area contributed by atoms with Gasteiger partial charge in [0.25, 0.3) is 10.0 Å². The lowest BCUT2D eigenvalue weighted by Crippen LogP contribution is -2.14. The smallest absolute Gasteiger partial charge is 0.267 e. The van der Waals surface area contributed by atoms with Gasteiger partial charge in [-0.2, -0.15) is 5.10 Å². The number of nitrogens with one attached hydrogen (secondary N) is 1. The van der Waals surface area contributed by atoms with Gasteiger partial charge < -0.3 is 5.73 Å². The number of benzene rings is 1. The number of aryl methyl sites for hydroxylation is 1. The zero-order valence-corrected chi connectivity index (χ0v) is 13.9. The maximum atomic E-state index is 12.3. The van der Waals surface area contributed by atoms with Crippen LogP contribution in [0.5, 0.6) is 0 Å². The van der Waals surface area contributed by atoms with Crippen molar-refractivity contribution < 1.29 is 8.42 Å². The van der Waals surface area contributed by atoms with Crippen LogP contribution in [0.2, 0.25) is 15.1 Å². The highest BCUT2D eigenvalue weighted by molar-refractivity contribution is 7.92. The van der Waals surface area contributed by atoms with E-state index in [0.29, 0.717) is 11.6 Å². The van der Waals surface area contributed by atoms with Crippen molar-refractivity contribution in [3.63, 3.8) is 0 Å². The highest BCUT2D eigenvalue weighted by Gasteiger charge is 2.23.